The summed E-state index contributed by atoms with van der Waals surface area (Å²) in [6.07, 6.45) is 0.338. The van der Waals surface area contributed by atoms with Crippen molar-refractivity contribution in [1.82, 2.24) is 0 Å². The minimum absolute atomic E-state index is 0.0326. The van der Waals surface area contributed by atoms with E-state index in [1.54, 1.807) is 18.0 Å². The lowest BCUT2D eigenvalue weighted by Crippen LogP contribution is -2.20. The van der Waals surface area contributed by atoms with Crippen molar-refractivity contribution in [3.05, 3.63) is 64.7 Å². The number of fused-ring (bicyclic) bond motifs is 1. The number of nitrogens with zero attached hydrogens (tertiary/aromatic N) is 1. The normalized spacial score (nSPS) is 15.2. The second kappa shape index (κ2) is 5.22. The Bertz CT molecular complexity index is 732. The summed E-state index contributed by atoms with van der Waals surface area (Å²) in [5.41, 5.74) is 2.80. The Morgan fingerprint density at radius 2 is 2.00 bits per heavy atom. The highest BCUT2D eigenvalue weighted by Gasteiger charge is 2.25. The minimum Gasteiger partial charge on any atom is -0.315 e. The van der Waals surface area contributed by atoms with Gasteiger partial charge in [0.2, 0.25) is 5.91 Å². The molecule has 0 aliphatic carbocycles. The van der Waals surface area contributed by atoms with Crippen LogP contribution in [0.1, 0.15) is 21.5 Å². The highest BCUT2D eigenvalue weighted by Crippen LogP contribution is 2.37. The maximum atomic E-state index is 13.9. The molecule has 0 saturated carbocycles. The predicted molar refractivity (Wildman–Crippen MR) is 80.7 cm³/mol. The molecular formula is C16H12BrF2NO. The lowest BCUT2D eigenvalue weighted by molar-refractivity contribution is -0.117. The molecule has 21 heavy (non-hydrogen) atoms. The summed E-state index contributed by atoms with van der Waals surface area (Å²) < 4.78 is 27.2. The highest BCUT2D eigenvalue weighted by molar-refractivity contribution is 9.09. The summed E-state index contributed by atoms with van der Waals surface area (Å²) in [6, 6.07) is 9.63. The molecule has 1 aliphatic rings. The van der Waals surface area contributed by atoms with E-state index in [4.69, 9.17) is 0 Å². The number of amides is 1. The molecule has 2 nitrogen and oxygen atoms in total. The molecule has 1 amide bonds. The molecule has 0 radical (unpaired) electrons. The Morgan fingerprint density at radius 1 is 1.24 bits per heavy atom. The van der Waals surface area contributed by atoms with Gasteiger partial charge < -0.3 is 4.90 Å². The number of hydrogen-bond donors (Lipinski definition) is 0. The Hall–Kier alpha value is -1.75. The number of carbonyl (C=O) groups is 1. The number of alkyl halides is 1. The van der Waals surface area contributed by atoms with Crippen LogP contribution in [0.15, 0.2) is 36.4 Å². The molecule has 2 aromatic rings. The maximum absolute atomic E-state index is 13.9. The summed E-state index contributed by atoms with van der Waals surface area (Å²) in [7, 11) is 1.73. The largest absolute Gasteiger partial charge is 0.315 e. The summed E-state index contributed by atoms with van der Waals surface area (Å²) in [6.45, 7) is 0. The van der Waals surface area contributed by atoms with Gasteiger partial charge in [0.05, 0.1) is 11.2 Å². The van der Waals surface area contributed by atoms with E-state index in [0.717, 1.165) is 22.9 Å². The van der Waals surface area contributed by atoms with Gasteiger partial charge >= 0.3 is 0 Å². The van der Waals surface area contributed by atoms with Crippen LogP contribution in [-0.2, 0) is 11.2 Å². The van der Waals surface area contributed by atoms with E-state index in [-0.39, 0.29) is 11.5 Å². The minimum atomic E-state index is -0.868. The van der Waals surface area contributed by atoms with Crippen LogP contribution in [-0.4, -0.2) is 13.0 Å². The van der Waals surface area contributed by atoms with Crippen molar-refractivity contribution in [2.24, 2.45) is 0 Å². The third-order valence-electron chi connectivity index (χ3n) is 3.73. The van der Waals surface area contributed by atoms with Gasteiger partial charge in [0.15, 0.2) is 11.6 Å². The fourth-order valence-electron chi connectivity index (χ4n) is 2.54. The molecular weight excluding hydrogens is 340 g/mol. The molecule has 5 heteroatoms. The van der Waals surface area contributed by atoms with E-state index in [1.807, 2.05) is 18.2 Å². The molecule has 2 aromatic carbocycles. The van der Waals surface area contributed by atoms with Crippen LogP contribution in [0, 0.1) is 11.6 Å². The lowest BCUT2D eigenvalue weighted by Gasteiger charge is -2.15. The van der Waals surface area contributed by atoms with Crippen LogP contribution in [0.4, 0.5) is 14.5 Å². The second-order valence-corrected chi connectivity index (χ2v) is 5.94. The van der Waals surface area contributed by atoms with E-state index in [0.29, 0.717) is 6.42 Å². The van der Waals surface area contributed by atoms with Crippen LogP contribution >= 0.6 is 15.9 Å². The Kier molecular flexibility index (Phi) is 3.53. The molecule has 0 N–H and O–H groups in total. The van der Waals surface area contributed by atoms with Gasteiger partial charge in [-0.25, -0.2) is 8.78 Å². The number of hydrogen-bond acceptors (Lipinski definition) is 1. The smallest absolute Gasteiger partial charge is 0.231 e. The van der Waals surface area contributed by atoms with Gasteiger partial charge in [0, 0.05) is 18.3 Å². The van der Waals surface area contributed by atoms with Crippen LogP contribution in [0.5, 0.6) is 0 Å². The first-order chi connectivity index (χ1) is 9.99. The summed E-state index contributed by atoms with van der Waals surface area (Å²) in [5, 5.41) is 0. The first-order valence-corrected chi connectivity index (χ1v) is 7.38. The SMILES string of the molecule is CN1C(=O)Cc2cc(C(Br)c3cccc(F)c3F)ccc21. The molecule has 0 bridgehead atoms. The van der Waals surface area contributed by atoms with Crippen LogP contribution in [0.2, 0.25) is 0 Å². The third kappa shape index (κ3) is 2.35. The van der Waals surface area contributed by atoms with E-state index >= 15 is 0 Å². The van der Waals surface area contributed by atoms with Crippen molar-refractivity contribution in [1.29, 1.82) is 0 Å². The fourth-order valence-corrected chi connectivity index (χ4v) is 3.18. The number of carbonyl (C=O) groups excluding carboxylic acids is 1. The van der Waals surface area contributed by atoms with Crippen LogP contribution in [0.3, 0.4) is 0 Å². The topological polar surface area (TPSA) is 20.3 Å². The van der Waals surface area contributed by atoms with Gasteiger partial charge in [-0.3, -0.25) is 4.79 Å². The van der Waals surface area contributed by atoms with Crippen LogP contribution in [0.25, 0.3) is 0 Å². The average Bonchev–Trinajstić information content (AvgIpc) is 2.76. The number of anilines is 1. The zero-order valence-corrected chi connectivity index (χ0v) is 12.8. The molecule has 3 rings (SSSR count). The van der Waals surface area contributed by atoms with Crippen molar-refractivity contribution in [2.45, 2.75) is 11.2 Å². The quantitative estimate of drug-likeness (QED) is 0.749. The van der Waals surface area contributed by atoms with Crippen LogP contribution < -0.4 is 4.90 Å². The molecule has 0 fully saturated rings. The van der Waals surface area contributed by atoms with Gasteiger partial charge in [-0.2, -0.15) is 0 Å². The number of halogens is 3. The zero-order chi connectivity index (χ0) is 15.1. The second-order valence-electron chi connectivity index (χ2n) is 5.02. The Labute approximate surface area is 129 Å². The number of rotatable bonds is 2. The highest BCUT2D eigenvalue weighted by atomic mass is 79.9. The van der Waals surface area contributed by atoms with Gasteiger partial charge in [0.25, 0.3) is 0 Å². The molecule has 1 aliphatic heterocycles. The Morgan fingerprint density at radius 3 is 2.76 bits per heavy atom. The van der Waals surface area contributed by atoms with Crippen molar-refractivity contribution in [3.63, 3.8) is 0 Å². The van der Waals surface area contributed by atoms with Gasteiger partial charge in [-0.15, -0.1) is 0 Å². The summed E-state index contributed by atoms with van der Waals surface area (Å²) in [4.78, 5) is 12.8. The van der Waals surface area contributed by atoms with Crippen molar-refractivity contribution in [2.75, 3.05) is 11.9 Å². The predicted octanol–water partition coefficient (Wildman–Crippen LogP) is 3.97. The number of likely N-dealkylation sites (N-methyl/N-ethyl adjacent to an activating group) is 1. The molecule has 0 spiro atoms. The fraction of sp³-hybridized carbons (Fsp3) is 0.188. The van der Waals surface area contributed by atoms with Gasteiger partial charge in [0.1, 0.15) is 0 Å². The standard InChI is InChI=1S/C16H12BrF2NO/c1-20-13-6-5-9(7-10(13)8-14(20)21)15(17)11-3-2-4-12(18)16(11)19/h2-7,15H,8H2,1H3. The van der Waals surface area contributed by atoms with Crippen molar-refractivity contribution >= 4 is 27.5 Å². The maximum Gasteiger partial charge on any atom is 0.231 e. The van der Waals surface area contributed by atoms with E-state index in [1.165, 1.54) is 6.07 Å². The van der Waals surface area contributed by atoms with Crippen molar-refractivity contribution < 1.29 is 13.6 Å². The van der Waals surface area contributed by atoms with E-state index < -0.39 is 16.5 Å². The van der Waals surface area contributed by atoms with E-state index in [2.05, 4.69) is 15.9 Å². The lowest BCUT2D eigenvalue weighted by atomic mass is 10.0. The third-order valence-corrected chi connectivity index (χ3v) is 4.75. The molecule has 0 aromatic heterocycles. The average molecular weight is 352 g/mol. The molecule has 0 saturated heterocycles. The first-order valence-electron chi connectivity index (χ1n) is 6.46. The molecule has 108 valence electrons. The molecule has 1 unspecified atom stereocenters. The van der Waals surface area contributed by atoms with E-state index in [9.17, 15) is 13.6 Å². The zero-order valence-electron chi connectivity index (χ0n) is 11.2. The first kappa shape index (κ1) is 14.2. The molecule has 1 atom stereocenters. The monoisotopic (exact) mass is 351 g/mol. The Balaban J connectivity index is 2.00. The van der Waals surface area contributed by atoms with Gasteiger partial charge in [-0.05, 0) is 23.3 Å². The summed E-state index contributed by atoms with van der Waals surface area (Å²) >= 11 is 3.41. The van der Waals surface area contributed by atoms with Gasteiger partial charge in [-0.1, -0.05) is 40.2 Å². The number of benzene rings is 2. The summed E-state index contributed by atoms with van der Waals surface area (Å²) in [5.74, 6) is -1.69. The molecule has 1 heterocycles. The van der Waals surface area contributed by atoms with Crippen molar-refractivity contribution in [3.8, 4) is 0 Å².